The number of carboxylic acids is 1. The Kier molecular flexibility index (Phi) is 4.89. The molecule has 0 aromatic heterocycles. The lowest BCUT2D eigenvalue weighted by Gasteiger charge is -2.20. The molecule has 0 bridgehead atoms. The highest BCUT2D eigenvalue weighted by molar-refractivity contribution is 5.73. The van der Waals surface area contributed by atoms with Crippen LogP contribution < -0.4 is 5.32 Å². The standard InChI is InChI=1S/C14H19NO3/c1-9-4-5-10(2)12(8-9)13(15-11(3)16)6-7-14(17)18/h4-5,8,13H,6-7H2,1-3H3,(H,15,16)(H,17,18). The highest BCUT2D eigenvalue weighted by Gasteiger charge is 2.16. The van der Waals surface area contributed by atoms with Crippen LogP contribution in [0.1, 0.15) is 42.5 Å². The van der Waals surface area contributed by atoms with Crippen LogP contribution in [0.5, 0.6) is 0 Å². The number of aliphatic carboxylic acids is 1. The first-order valence-corrected chi connectivity index (χ1v) is 5.96. The Morgan fingerprint density at radius 1 is 1.33 bits per heavy atom. The topological polar surface area (TPSA) is 66.4 Å². The van der Waals surface area contributed by atoms with Crippen molar-refractivity contribution in [3.63, 3.8) is 0 Å². The van der Waals surface area contributed by atoms with E-state index in [0.29, 0.717) is 6.42 Å². The van der Waals surface area contributed by atoms with Gasteiger partial charge in [-0.2, -0.15) is 0 Å². The molecule has 0 heterocycles. The zero-order valence-electron chi connectivity index (χ0n) is 11.0. The van der Waals surface area contributed by atoms with Crippen molar-refractivity contribution in [3.8, 4) is 0 Å². The van der Waals surface area contributed by atoms with E-state index in [0.717, 1.165) is 16.7 Å². The zero-order valence-corrected chi connectivity index (χ0v) is 11.0. The van der Waals surface area contributed by atoms with E-state index >= 15 is 0 Å². The molecule has 0 radical (unpaired) electrons. The normalized spacial score (nSPS) is 11.9. The molecule has 2 N–H and O–H groups in total. The number of hydrogen-bond acceptors (Lipinski definition) is 2. The molecule has 1 rings (SSSR count). The first kappa shape index (κ1) is 14.2. The van der Waals surface area contributed by atoms with Gasteiger partial charge in [0.15, 0.2) is 0 Å². The number of amides is 1. The van der Waals surface area contributed by atoms with Gasteiger partial charge in [0, 0.05) is 13.3 Å². The van der Waals surface area contributed by atoms with Crippen LogP contribution in [0.4, 0.5) is 0 Å². The third kappa shape index (κ3) is 4.20. The lowest BCUT2D eigenvalue weighted by molar-refractivity contribution is -0.137. The average molecular weight is 249 g/mol. The van der Waals surface area contributed by atoms with Crippen LogP contribution in [0.3, 0.4) is 0 Å². The fourth-order valence-corrected chi connectivity index (χ4v) is 1.95. The Balaban J connectivity index is 2.96. The third-order valence-corrected chi connectivity index (χ3v) is 2.83. The molecule has 0 aliphatic carbocycles. The second-order valence-corrected chi connectivity index (χ2v) is 4.55. The second kappa shape index (κ2) is 6.19. The highest BCUT2D eigenvalue weighted by Crippen LogP contribution is 2.23. The summed E-state index contributed by atoms with van der Waals surface area (Å²) in [6, 6.07) is 5.75. The van der Waals surface area contributed by atoms with Crippen LogP contribution >= 0.6 is 0 Å². The van der Waals surface area contributed by atoms with Crippen molar-refractivity contribution in [1.82, 2.24) is 5.32 Å². The molecule has 0 saturated carbocycles. The molecule has 0 aliphatic heterocycles. The maximum Gasteiger partial charge on any atom is 0.303 e. The molecular weight excluding hydrogens is 230 g/mol. The molecule has 0 fully saturated rings. The number of carbonyl (C=O) groups is 2. The molecule has 4 heteroatoms. The van der Waals surface area contributed by atoms with Crippen LogP contribution in [-0.2, 0) is 9.59 Å². The minimum Gasteiger partial charge on any atom is -0.481 e. The van der Waals surface area contributed by atoms with Gasteiger partial charge < -0.3 is 10.4 Å². The first-order chi connectivity index (χ1) is 8.40. The minimum atomic E-state index is -0.851. The van der Waals surface area contributed by atoms with E-state index in [1.807, 2.05) is 32.0 Å². The third-order valence-electron chi connectivity index (χ3n) is 2.83. The number of carboxylic acid groups (broad SMARTS) is 1. The van der Waals surface area contributed by atoms with Gasteiger partial charge in [0.2, 0.25) is 5.91 Å². The van der Waals surface area contributed by atoms with Crippen molar-refractivity contribution >= 4 is 11.9 Å². The lowest BCUT2D eigenvalue weighted by atomic mass is 9.95. The average Bonchev–Trinajstić information content (AvgIpc) is 2.27. The smallest absolute Gasteiger partial charge is 0.303 e. The maximum absolute atomic E-state index is 11.2. The van der Waals surface area contributed by atoms with Crippen molar-refractivity contribution in [3.05, 3.63) is 34.9 Å². The SMILES string of the molecule is CC(=O)NC(CCC(=O)O)c1cc(C)ccc1C. The zero-order chi connectivity index (χ0) is 13.7. The van der Waals surface area contributed by atoms with Gasteiger partial charge in [-0.25, -0.2) is 0 Å². The van der Waals surface area contributed by atoms with E-state index in [4.69, 9.17) is 5.11 Å². The van der Waals surface area contributed by atoms with Gasteiger partial charge >= 0.3 is 5.97 Å². The number of carbonyl (C=O) groups excluding carboxylic acids is 1. The largest absolute Gasteiger partial charge is 0.481 e. The Bertz CT molecular complexity index is 454. The Morgan fingerprint density at radius 3 is 2.56 bits per heavy atom. The Morgan fingerprint density at radius 2 is 2.00 bits per heavy atom. The summed E-state index contributed by atoms with van der Waals surface area (Å²) >= 11 is 0. The van der Waals surface area contributed by atoms with Gasteiger partial charge in [0.1, 0.15) is 0 Å². The van der Waals surface area contributed by atoms with Crippen LogP contribution in [0.15, 0.2) is 18.2 Å². The molecule has 0 aliphatic rings. The molecule has 0 saturated heterocycles. The monoisotopic (exact) mass is 249 g/mol. The lowest BCUT2D eigenvalue weighted by Crippen LogP contribution is -2.27. The summed E-state index contributed by atoms with van der Waals surface area (Å²) in [5.74, 6) is -0.998. The number of rotatable bonds is 5. The predicted molar refractivity (Wildman–Crippen MR) is 69.3 cm³/mol. The highest BCUT2D eigenvalue weighted by atomic mass is 16.4. The molecule has 1 aromatic carbocycles. The molecule has 0 spiro atoms. The fraction of sp³-hybridized carbons (Fsp3) is 0.429. The van der Waals surface area contributed by atoms with Gasteiger partial charge in [0.05, 0.1) is 6.04 Å². The van der Waals surface area contributed by atoms with Gasteiger partial charge in [0.25, 0.3) is 0 Å². The summed E-state index contributed by atoms with van der Waals surface area (Å²) in [6.45, 7) is 5.38. The summed E-state index contributed by atoms with van der Waals surface area (Å²) < 4.78 is 0. The molecule has 1 amide bonds. The molecule has 1 aromatic rings. The first-order valence-electron chi connectivity index (χ1n) is 5.96. The van der Waals surface area contributed by atoms with E-state index in [9.17, 15) is 9.59 Å². The molecule has 1 atom stereocenters. The van der Waals surface area contributed by atoms with E-state index in [1.54, 1.807) is 0 Å². The molecule has 98 valence electrons. The summed E-state index contributed by atoms with van der Waals surface area (Å²) in [4.78, 5) is 21.9. The predicted octanol–water partition coefficient (Wildman–Crippen LogP) is 2.35. The van der Waals surface area contributed by atoms with Gasteiger partial charge in [-0.3, -0.25) is 9.59 Å². The van der Waals surface area contributed by atoms with Crippen molar-refractivity contribution in [2.45, 2.75) is 39.7 Å². The molecule has 4 nitrogen and oxygen atoms in total. The van der Waals surface area contributed by atoms with Gasteiger partial charge in [-0.05, 0) is 31.4 Å². The van der Waals surface area contributed by atoms with Crippen molar-refractivity contribution in [1.29, 1.82) is 0 Å². The number of aryl methyl sites for hydroxylation is 2. The second-order valence-electron chi connectivity index (χ2n) is 4.55. The van der Waals surface area contributed by atoms with Gasteiger partial charge in [-0.15, -0.1) is 0 Å². The van der Waals surface area contributed by atoms with Crippen LogP contribution in [-0.4, -0.2) is 17.0 Å². The van der Waals surface area contributed by atoms with Crippen LogP contribution in [0.2, 0.25) is 0 Å². The van der Waals surface area contributed by atoms with Crippen molar-refractivity contribution < 1.29 is 14.7 Å². The van der Waals surface area contributed by atoms with E-state index in [-0.39, 0.29) is 18.4 Å². The Hall–Kier alpha value is -1.84. The van der Waals surface area contributed by atoms with Crippen LogP contribution in [0.25, 0.3) is 0 Å². The summed E-state index contributed by atoms with van der Waals surface area (Å²) in [5.41, 5.74) is 3.15. The van der Waals surface area contributed by atoms with Crippen molar-refractivity contribution in [2.24, 2.45) is 0 Å². The summed E-state index contributed by atoms with van der Waals surface area (Å²) in [5, 5.41) is 11.6. The minimum absolute atomic E-state index is 0.0400. The quantitative estimate of drug-likeness (QED) is 0.841. The van der Waals surface area contributed by atoms with Gasteiger partial charge in [-0.1, -0.05) is 23.8 Å². The van der Waals surface area contributed by atoms with E-state index in [1.165, 1.54) is 6.92 Å². The molecular formula is C14H19NO3. The summed E-state index contributed by atoms with van der Waals surface area (Å²) in [6.07, 6.45) is 0.442. The number of benzene rings is 1. The number of nitrogens with one attached hydrogen (secondary N) is 1. The van der Waals surface area contributed by atoms with E-state index in [2.05, 4.69) is 5.32 Å². The molecule has 1 unspecified atom stereocenters. The summed E-state index contributed by atoms with van der Waals surface area (Å²) in [7, 11) is 0. The fourth-order valence-electron chi connectivity index (χ4n) is 1.95. The van der Waals surface area contributed by atoms with E-state index < -0.39 is 5.97 Å². The maximum atomic E-state index is 11.2. The number of hydrogen-bond donors (Lipinski definition) is 2. The molecule has 18 heavy (non-hydrogen) atoms. The Labute approximate surface area is 107 Å². The van der Waals surface area contributed by atoms with Crippen LogP contribution in [0, 0.1) is 13.8 Å². The van der Waals surface area contributed by atoms with Crippen molar-refractivity contribution in [2.75, 3.05) is 0 Å².